The summed E-state index contributed by atoms with van der Waals surface area (Å²) in [5.41, 5.74) is 0.474. The summed E-state index contributed by atoms with van der Waals surface area (Å²) >= 11 is 0. The van der Waals surface area contributed by atoms with Crippen molar-refractivity contribution in [3.05, 3.63) is 24.3 Å². The number of sulfonamides is 1. The molecule has 0 aliphatic heterocycles. The summed E-state index contributed by atoms with van der Waals surface area (Å²) in [6.07, 6.45) is 1.36. The molecule has 0 saturated heterocycles. The lowest BCUT2D eigenvalue weighted by molar-refractivity contribution is -0.148. The second kappa shape index (κ2) is 11.4. The van der Waals surface area contributed by atoms with Crippen LogP contribution in [0.15, 0.2) is 29.2 Å². The Balaban J connectivity index is 2.41. The maximum Gasteiger partial charge on any atom is 0.307 e. The van der Waals surface area contributed by atoms with E-state index in [1.54, 1.807) is 0 Å². The smallest absolute Gasteiger partial charge is 0.307 e. The standard InChI is InChI=1S/C18H27N3O6S/c1-4-14(5-2)21-17(23)12-27-18(24)10-11-19-28(25,26)16-8-6-15(7-9-16)20-13(3)22/h6-9,14,19H,4-5,10-12H2,1-3H3,(H,20,22)(H,21,23). The van der Waals surface area contributed by atoms with Gasteiger partial charge in [0.15, 0.2) is 6.61 Å². The highest BCUT2D eigenvalue weighted by Gasteiger charge is 2.15. The molecule has 28 heavy (non-hydrogen) atoms. The van der Waals surface area contributed by atoms with E-state index in [4.69, 9.17) is 4.74 Å². The van der Waals surface area contributed by atoms with Crippen LogP contribution in [0.1, 0.15) is 40.0 Å². The minimum absolute atomic E-state index is 0.000444. The van der Waals surface area contributed by atoms with Gasteiger partial charge >= 0.3 is 5.97 Å². The van der Waals surface area contributed by atoms with E-state index in [9.17, 15) is 22.8 Å². The zero-order valence-corrected chi connectivity index (χ0v) is 17.1. The molecule has 1 aromatic rings. The molecule has 0 heterocycles. The minimum atomic E-state index is -3.80. The molecular weight excluding hydrogens is 386 g/mol. The summed E-state index contributed by atoms with van der Waals surface area (Å²) in [5, 5.41) is 5.27. The Morgan fingerprint density at radius 1 is 1.07 bits per heavy atom. The van der Waals surface area contributed by atoms with Crippen molar-refractivity contribution in [3.63, 3.8) is 0 Å². The molecule has 1 aromatic carbocycles. The van der Waals surface area contributed by atoms with Crippen LogP contribution in [0.2, 0.25) is 0 Å². The first kappa shape index (κ1) is 23.6. The lowest BCUT2D eigenvalue weighted by Crippen LogP contribution is -2.37. The van der Waals surface area contributed by atoms with E-state index in [-0.39, 0.29) is 35.7 Å². The highest BCUT2D eigenvalue weighted by molar-refractivity contribution is 7.89. The van der Waals surface area contributed by atoms with Crippen LogP contribution in [0.4, 0.5) is 5.69 Å². The molecule has 1 rings (SSSR count). The lowest BCUT2D eigenvalue weighted by Gasteiger charge is -2.14. The Hall–Kier alpha value is -2.46. The molecule has 0 fully saturated rings. The van der Waals surface area contributed by atoms with Gasteiger partial charge in [-0.05, 0) is 37.1 Å². The number of nitrogens with one attached hydrogen (secondary N) is 3. The number of rotatable bonds is 11. The summed E-state index contributed by atoms with van der Waals surface area (Å²) in [6, 6.07) is 5.64. The van der Waals surface area contributed by atoms with Gasteiger partial charge in [0.25, 0.3) is 5.91 Å². The van der Waals surface area contributed by atoms with Crippen molar-refractivity contribution in [2.24, 2.45) is 0 Å². The third-order valence-electron chi connectivity index (χ3n) is 3.82. The summed E-state index contributed by atoms with van der Waals surface area (Å²) < 4.78 is 31.5. The van der Waals surface area contributed by atoms with Gasteiger partial charge in [-0.2, -0.15) is 0 Å². The molecule has 0 bridgehead atoms. The predicted octanol–water partition coefficient (Wildman–Crippen LogP) is 1.16. The van der Waals surface area contributed by atoms with Gasteiger partial charge in [0, 0.05) is 25.2 Å². The number of hydrogen-bond donors (Lipinski definition) is 3. The second-order valence-corrected chi connectivity index (χ2v) is 7.86. The van der Waals surface area contributed by atoms with E-state index in [1.807, 2.05) is 13.8 Å². The van der Waals surface area contributed by atoms with Gasteiger partial charge in [0.05, 0.1) is 11.3 Å². The van der Waals surface area contributed by atoms with Crippen molar-refractivity contribution in [2.75, 3.05) is 18.5 Å². The van der Waals surface area contributed by atoms with E-state index < -0.39 is 22.6 Å². The minimum Gasteiger partial charge on any atom is -0.456 e. The van der Waals surface area contributed by atoms with Crippen LogP contribution in [0.5, 0.6) is 0 Å². The van der Waals surface area contributed by atoms with Gasteiger partial charge in [-0.25, -0.2) is 13.1 Å². The van der Waals surface area contributed by atoms with Crippen LogP contribution >= 0.6 is 0 Å². The average molecular weight is 413 g/mol. The Kier molecular flexibility index (Phi) is 9.60. The van der Waals surface area contributed by atoms with Crippen molar-refractivity contribution in [1.82, 2.24) is 10.0 Å². The van der Waals surface area contributed by atoms with Gasteiger partial charge < -0.3 is 15.4 Å². The number of carbonyl (C=O) groups is 3. The van der Waals surface area contributed by atoms with E-state index in [0.29, 0.717) is 5.69 Å². The predicted molar refractivity (Wildman–Crippen MR) is 104 cm³/mol. The molecule has 0 atom stereocenters. The largest absolute Gasteiger partial charge is 0.456 e. The van der Waals surface area contributed by atoms with Crippen LogP contribution in [0.3, 0.4) is 0 Å². The maximum atomic E-state index is 12.2. The van der Waals surface area contributed by atoms with Gasteiger partial charge in [0.2, 0.25) is 15.9 Å². The van der Waals surface area contributed by atoms with Gasteiger partial charge in [-0.3, -0.25) is 14.4 Å². The van der Waals surface area contributed by atoms with Crippen LogP contribution in [0, 0.1) is 0 Å². The molecule has 0 saturated carbocycles. The molecule has 9 nitrogen and oxygen atoms in total. The fourth-order valence-electron chi connectivity index (χ4n) is 2.27. The number of benzene rings is 1. The third-order valence-corrected chi connectivity index (χ3v) is 5.30. The highest BCUT2D eigenvalue weighted by Crippen LogP contribution is 2.13. The molecule has 0 aliphatic carbocycles. The zero-order chi connectivity index (χ0) is 21.2. The Morgan fingerprint density at radius 3 is 2.21 bits per heavy atom. The van der Waals surface area contributed by atoms with Crippen molar-refractivity contribution < 1.29 is 27.5 Å². The highest BCUT2D eigenvalue weighted by atomic mass is 32.2. The zero-order valence-electron chi connectivity index (χ0n) is 16.3. The number of amides is 2. The molecular formula is C18H27N3O6S. The molecule has 0 aromatic heterocycles. The Morgan fingerprint density at radius 2 is 1.68 bits per heavy atom. The Bertz CT molecular complexity index is 773. The summed E-state index contributed by atoms with van der Waals surface area (Å²) in [6.45, 7) is 4.68. The van der Waals surface area contributed by atoms with Gasteiger partial charge in [0.1, 0.15) is 0 Å². The molecule has 0 spiro atoms. The number of esters is 1. The monoisotopic (exact) mass is 413 g/mol. The van der Waals surface area contributed by atoms with Crippen molar-refractivity contribution >= 4 is 33.5 Å². The normalized spacial score (nSPS) is 11.1. The molecule has 0 aliphatic rings. The SMILES string of the molecule is CCC(CC)NC(=O)COC(=O)CCNS(=O)(=O)c1ccc(NC(C)=O)cc1. The molecule has 2 amide bonds. The molecule has 3 N–H and O–H groups in total. The average Bonchev–Trinajstić information content (AvgIpc) is 2.64. The second-order valence-electron chi connectivity index (χ2n) is 6.09. The lowest BCUT2D eigenvalue weighted by atomic mass is 10.2. The first-order valence-corrected chi connectivity index (χ1v) is 10.5. The number of anilines is 1. The van der Waals surface area contributed by atoms with E-state index in [2.05, 4.69) is 15.4 Å². The van der Waals surface area contributed by atoms with Crippen molar-refractivity contribution in [3.8, 4) is 0 Å². The fourth-order valence-corrected chi connectivity index (χ4v) is 3.30. The molecule has 0 unspecified atom stereocenters. The molecule has 0 radical (unpaired) electrons. The van der Waals surface area contributed by atoms with Crippen LogP contribution in [0.25, 0.3) is 0 Å². The third kappa shape index (κ3) is 8.49. The maximum absolute atomic E-state index is 12.2. The quantitative estimate of drug-likeness (QED) is 0.467. The van der Waals surface area contributed by atoms with Gasteiger partial charge in [-0.15, -0.1) is 0 Å². The van der Waals surface area contributed by atoms with Crippen LogP contribution < -0.4 is 15.4 Å². The fraction of sp³-hybridized carbons (Fsp3) is 0.500. The molecule has 10 heteroatoms. The topological polar surface area (TPSA) is 131 Å². The number of hydrogen-bond acceptors (Lipinski definition) is 6. The summed E-state index contributed by atoms with van der Waals surface area (Å²) in [4.78, 5) is 34.3. The van der Waals surface area contributed by atoms with Crippen LogP contribution in [-0.4, -0.2) is 45.4 Å². The Labute approximate surface area is 165 Å². The first-order valence-electron chi connectivity index (χ1n) is 9.00. The van der Waals surface area contributed by atoms with Crippen molar-refractivity contribution in [1.29, 1.82) is 0 Å². The summed E-state index contributed by atoms with van der Waals surface area (Å²) in [7, 11) is -3.80. The van der Waals surface area contributed by atoms with Crippen LogP contribution in [-0.2, 0) is 29.1 Å². The van der Waals surface area contributed by atoms with E-state index >= 15 is 0 Å². The van der Waals surface area contributed by atoms with E-state index in [1.165, 1.54) is 31.2 Å². The summed E-state index contributed by atoms with van der Waals surface area (Å²) in [5.74, 6) is -1.33. The number of carbonyl (C=O) groups excluding carboxylic acids is 3. The van der Waals surface area contributed by atoms with Gasteiger partial charge in [-0.1, -0.05) is 13.8 Å². The number of ether oxygens (including phenoxy) is 1. The first-order chi connectivity index (χ1) is 13.2. The molecule has 156 valence electrons. The van der Waals surface area contributed by atoms with E-state index in [0.717, 1.165) is 12.8 Å². The van der Waals surface area contributed by atoms with Crippen molar-refractivity contribution in [2.45, 2.75) is 51.0 Å².